The summed E-state index contributed by atoms with van der Waals surface area (Å²) in [7, 11) is 0. The van der Waals surface area contributed by atoms with Gasteiger partial charge in [-0.1, -0.05) is 0 Å². The second kappa shape index (κ2) is 5.10. The molecular weight excluding hydrogens is 211 g/mol. The molecule has 0 N–H and O–H groups in total. The van der Waals surface area contributed by atoms with Gasteiger partial charge in [0.2, 0.25) is 0 Å². The van der Waals surface area contributed by atoms with Crippen molar-refractivity contribution in [2.24, 2.45) is 0 Å². The monoisotopic (exact) mass is 218 g/mol. The molecule has 0 aliphatic carbocycles. The van der Waals surface area contributed by atoms with E-state index in [2.05, 4.69) is 0 Å². The van der Waals surface area contributed by atoms with Gasteiger partial charge in [-0.15, -0.1) is 11.6 Å². The minimum atomic E-state index is -0.469. The summed E-state index contributed by atoms with van der Waals surface area (Å²) in [6, 6.07) is 6.59. The lowest BCUT2D eigenvalue weighted by atomic mass is 10.2. The van der Waals surface area contributed by atoms with E-state index >= 15 is 0 Å². The summed E-state index contributed by atoms with van der Waals surface area (Å²) in [6.07, 6.45) is 0. The first kappa shape index (κ1) is 10.4. The van der Waals surface area contributed by atoms with Crippen LogP contribution in [-0.4, -0.2) is 17.7 Å². The molecule has 1 aromatic carbocycles. The molecule has 0 bridgehead atoms. The summed E-state index contributed by atoms with van der Waals surface area (Å²) >= 11 is 10.7. The van der Waals surface area contributed by atoms with E-state index in [0.717, 1.165) is 0 Å². The van der Waals surface area contributed by atoms with Gasteiger partial charge in [0.1, 0.15) is 12.4 Å². The highest BCUT2D eigenvalue weighted by Gasteiger charge is 2.00. The lowest BCUT2D eigenvalue weighted by Crippen LogP contribution is -1.98. The highest BCUT2D eigenvalue weighted by atomic mass is 35.5. The number of hydrogen-bond donors (Lipinski definition) is 0. The van der Waals surface area contributed by atoms with E-state index in [-0.39, 0.29) is 0 Å². The number of hydrogen-bond acceptors (Lipinski definition) is 2. The van der Waals surface area contributed by atoms with Gasteiger partial charge in [-0.25, -0.2) is 0 Å². The van der Waals surface area contributed by atoms with Gasteiger partial charge >= 0.3 is 0 Å². The number of carbonyl (C=O) groups is 1. The first-order valence-corrected chi connectivity index (χ1v) is 4.64. The average molecular weight is 219 g/mol. The molecule has 0 fully saturated rings. The Kier molecular flexibility index (Phi) is 4.06. The number of alkyl halides is 1. The zero-order valence-corrected chi connectivity index (χ0v) is 8.31. The number of rotatable bonds is 4. The number of halogens is 2. The van der Waals surface area contributed by atoms with Crippen LogP contribution >= 0.6 is 23.2 Å². The predicted octanol–water partition coefficient (Wildman–Crippen LogP) is 2.68. The second-order valence-corrected chi connectivity index (χ2v) is 3.06. The first-order chi connectivity index (χ1) is 6.24. The van der Waals surface area contributed by atoms with Crippen molar-refractivity contribution >= 4 is 28.4 Å². The molecule has 0 spiro atoms. The normalized spacial score (nSPS) is 9.69. The molecular formula is C9H8Cl2O2. The molecule has 1 rings (SSSR count). The summed E-state index contributed by atoms with van der Waals surface area (Å²) < 4.78 is 5.20. The van der Waals surface area contributed by atoms with Crippen LogP contribution in [-0.2, 0) is 0 Å². The smallest absolute Gasteiger partial charge is 0.252 e. The van der Waals surface area contributed by atoms with Crippen molar-refractivity contribution in [2.45, 2.75) is 0 Å². The predicted molar refractivity (Wildman–Crippen MR) is 52.8 cm³/mol. The van der Waals surface area contributed by atoms with E-state index in [1.807, 2.05) is 0 Å². The van der Waals surface area contributed by atoms with Gasteiger partial charge in [0.25, 0.3) is 5.24 Å². The van der Waals surface area contributed by atoms with Crippen molar-refractivity contribution in [1.82, 2.24) is 0 Å². The zero-order chi connectivity index (χ0) is 9.68. The van der Waals surface area contributed by atoms with E-state index in [9.17, 15) is 4.79 Å². The van der Waals surface area contributed by atoms with Gasteiger partial charge in [0.15, 0.2) is 0 Å². The molecule has 2 nitrogen and oxygen atoms in total. The molecule has 0 aliphatic rings. The highest BCUT2D eigenvalue weighted by Crippen LogP contribution is 2.13. The Morgan fingerprint density at radius 2 is 1.92 bits per heavy atom. The van der Waals surface area contributed by atoms with E-state index in [0.29, 0.717) is 23.8 Å². The molecule has 0 aliphatic heterocycles. The third-order valence-corrected chi connectivity index (χ3v) is 1.80. The maximum Gasteiger partial charge on any atom is 0.252 e. The van der Waals surface area contributed by atoms with Gasteiger partial charge in [-0.3, -0.25) is 4.79 Å². The molecule has 0 saturated heterocycles. The van der Waals surface area contributed by atoms with Crippen molar-refractivity contribution in [3.05, 3.63) is 29.8 Å². The second-order valence-electron chi connectivity index (χ2n) is 2.34. The Hall–Kier alpha value is -0.730. The van der Waals surface area contributed by atoms with E-state index in [1.54, 1.807) is 24.3 Å². The van der Waals surface area contributed by atoms with Crippen LogP contribution in [0.4, 0.5) is 0 Å². The molecule has 0 heterocycles. The molecule has 70 valence electrons. The fourth-order valence-electron chi connectivity index (χ4n) is 0.839. The van der Waals surface area contributed by atoms with Crippen molar-refractivity contribution in [3.63, 3.8) is 0 Å². The average Bonchev–Trinajstić information content (AvgIpc) is 2.15. The minimum absolute atomic E-state index is 0.441. The summed E-state index contributed by atoms with van der Waals surface area (Å²) in [6.45, 7) is 0.454. The van der Waals surface area contributed by atoms with Gasteiger partial charge in [0.05, 0.1) is 5.88 Å². The third kappa shape index (κ3) is 3.25. The summed E-state index contributed by atoms with van der Waals surface area (Å²) in [5.74, 6) is 1.12. The van der Waals surface area contributed by atoms with Crippen LogP contribution in [0.15, 0.2) is 24.3 Å². The largest absolute Gasteiger partial charge is 0.492 e. The first-order valence-electron chi connectivity index (χ1n) is 3.72. The quantitative estimate of drug-likeness (QED) is 0.574. The lowest BCUT2D eigenvalue weighted by Gasteiger charge is -2.03. The van der Waals surface area contributed by atoms with Crippen LogP contribution in [0, 0.1) is 0 Å². The number of ether oxygens (including phenoxy) is 1. The Labute approximate surface area is 86.4 Å². The Morgan fingerprint density at radius 1 is 1.31 bits per heavy atom. The van der Waals surface area contributed by atoms with Gasteiger partial charge in [-0.05, 0) is 35.9 Å². The molecule has 0 saturated carbocycles. The fourth-order valence-corrected chi connectivity index (χ4v) is 1.04. The summed E-state index contributed by atoms with van der Waals surface area (Å²) in [5.41, 5.74) is 0.458. The van der Waals surface area contributed by atoms with Crippen molar-refractivity contribution in [1.29, 1.82) is 0 Å². The highest BCUT2D eigenvalue weighted by molar-refractivity contribution is 6.67. The molecule has 0 atom stereocenters. The van der Waals surface area contributed by atoms with Crippen LogP contribution in [0.2, 0.25) is 0 Å². The number of carbonyl (C=O) groups excluding carboxylic acids is 1. The van der Waals surface area contributed by atoms with E-state index in [1.165, 1.54) is 0 Å². The van der Waals surface area contributed by atoms with Crippen molar-refractivity contribution in [2.75, 3.05) is 12.5 Å². The van der Waals surface area contributed by atoms with Crippen LogP contribution in [0.5, 0.6) is 5.75 Å². The standard InChI is InChI=1S/C9H8Cl2O2/c10-5-6-13-8-3-1-7(2-4-8)9(11)12/h1-4H,5-6H2. The number of benzene rings is 1. The zero-order valence-electron chi connectivity index (χ0n) is 6.80. The summed E-state index contributed by atoms with van der Waals surface area (Å²) in [5, 5.41) is -0.469. The molecule has 13 heavy (non-hydrogen) atoms. The molecule has 0 radical (unpaired) electrons. The van der Waals surface area contributed by atoms with Gasteiger partial charge in [0, 0.05) is 5.56 Å². The third-order valence-electron chi connectivity index (χ3n) is 1.43. The minimum Gasteiger partial charge on any atom is -0.492 e. The van der Waals surface area contributed by atoms with Crippen LogP contribution in [0.1, 0.15) is 10.4 Å². The van der Waals surface area contributed by atoms with Crippen LogP contribution in [0.25, 0.3) is 0 Å². The summed E-state index contributed by atoms with van der Waals surface area (Å²) in [4.78, 5) is 10.7. The maximum absolute atomic E-state index is 10.7. The topological polar surface area (TPSA) is 26.3 Å². The van der Waals surface area contributed by atoms with Gasteiger partial charge < -0.3 is 4.74 Å². The molecule has 0 unspecified atom stereocenters. The maximum atomic E-state index is 10.7. The van der Waals surface area contributed by atoms with Crippen LogP contribution in [0.3, 0.4) is 0 Å². The van der Waals surface area contributed by atoms with Crippen molar-refractivity contribution in [3.8, 4) is 5.75 Å². The van der Waals surface area contributed by atoms with E-state index in [4.69, 9.17) is 27.9 Å². The Morgan fingerprint density at radius 3 is 2.38 bits per heavy atom. The molecule has 0 amide bonds. The Balaban J connectivity index is 2.64. The fraction of sp³-hybridized carbons (Fsp3) is 0.222. The lowest BCUT2D eigenvalue weighted by molar-refractivity contribution is 0.108. The van der Waals surface area contributed by atoms with Gasteiger partial charge in [-0.2, -0.15) is 0 Å². The molecule has 1 aromatic rings. The van der Waals surface area contributed by atoms with E-state index < -0.39 is 5.24 Å². The Bertz CT molecular complexity index is 282. The molecule has 4 heteroatoms. The van der Waals surface area contributed by atoms with Crippen molar-refractivity contribution < 1.29 is 9.53 Å². The molecule has 0 aromatic heterocycles. The van der Waals surface area contributed by atoms with Crippen LogP contribution < -0.4 is 4.74 Å². The SMILES string of the molecule is O=C(Cl)c1ccc(OCCCl)cc1.